The molecule has 2 aliphatic rings. The number of hydrogen-bond acceptors (Lipinski definition) is 5. The van der Waals surface area contributed by atoms with E-state index in [4.69, 9.17) is 9.47 Å². The van der Waals surface area contributed by atoms with E-state index >= 15 is 0 Å². The zero-order valence-corrected chi connectivity index (χ0v) is 19.8. The standard InChI is InChI=1S/C20H30F2N4O3.HI/c1-3-6-26-7-5-14(12-26)10-24-20(23-4-2)25-11-15-8-17-18(28-13-27-17)9-16(15)29-19(21)22;/h8-9,14,19H,3-7,10-13H2,1-2H3,(H2,23,24,25);1H. The van der Waals surface area contributed by atoms with Gasteiger partial charge in [0.1, 0.15) is 5.75 Å². The van der Waals surface area contributed by atoms with Crippen LogP contribution in [0.3, 0.4) is 0 Å². The monoisotopic (exact) mass is 540 g/mol. The second-order valence-corrected chi connectivity index (χ2v) is 7.22. The lowest BCUT2D eigenvalue weighted by Gasteiger charge is -2.17. The van der Waals surface area contributed by atoms with Gasteiger partial charge in [0.2, 0.25) is 6.79 Å². The number of benzene rings is 1. The minimum Gasteiger partial charge on any atom is -0.454 e. The predicted molar refractivity (Wildman–Crippen MR) is 122 cm³/mol. The van der Waals surface area contributed by atoms with Crippen LogP contribution in [0.1, 0.15) is 32.3 Å². The molecule has 1 saturated heterocycles. The van der Waals surface area contributed by atoms with Crippen LogP contribution >= 0.6 is 24.0 Å². The summed E-state index contributed by atoms with van der Waals surface area (Å²) in [4.78, 5) is 7.04. The van der Waals surface area contributed by atoms with E-state index in [0.29, 0.717) is 35.5 Å². The van der Waals surface area contributed by atoms with E-state index in [1.807, 2.05) is 6.92 Å². The maximum absolute atomic E-state index is 12.8. The van der Waals surface area contributed by atoms with Crippen LogP contribution in [0.15, 0.2) is 17.1 Å². The highest BCUT2D eigenvalue weighted by molar-refractivity contribution is 14.0. The Morgan fingerprint density at radius 1 is 1.27 bits per heavy atom. The number of alkyl halides is 2. The average Bonchev–Trinajstić information content (AvgIpc) is 3.32. The molecule has 1 atom stereocenters. The molecule has 2 N–H and O–H groups in total. The first-order valence-electron chi connectivity index (χ1n) is 10.2. The lowest BCUT2D eigenvalue weighted by atomic mass is 10.1. The van der Waals surface area contributed by atoms with Gasteiger partial charge in [-0.1, -0.05) is 6.92 Å². The predicted octanol–water partition coefficient (Wildman–Crippen LogP) is 3.42. The number of likely N-dealkylation sites (tertiary alicyclic amines) is 1. The number of nitrogens with zero attached hydrogens (tertiary/aromatic N) is 2. The van der Waals surface area contributed by atoms with Gasteiger partial charge in [0.15, 0.2) is 17.5 Å². The smallest absolute Gasteiger partial charge is 0.387 e. The van der Waals surface area contributed by atoms with Crippen LogP contribution in [-0.2, 0) is 6.54 Å². The van der Waals surface area contributed by atoms with Gasteiger partial charge < -0.3 is 29.7 Å². The highest BCUT2D eigenvalue weighted by atomic mass is 127. The van der Waals surface area contributed by atoms with Crippen molar-refractivity contribution in [2.24, 2.45) is 10.9 Å². The molecule has 1 unspecified atom stereocenters. The largest absolute Gasteiger partial charge is 0.454 e. The van der Waals surface area contributed by atoms with E-state index in [-0.39, 0.29) is 43.1 Å². The van der Waals surface area contributed by atoms with E-state index in [0.717, 1.165) is 26.2 Å². The number of aliphatic imine (C=N–C) groups is 1. The third-order valence-corrected chi connectivity index (χ3v) is 4.99. The second kappa shape index (κ2) is 12.3. The molecule has 0 saturated carbocycles. The summed E-state index contributed by atoms with van der Waals surface area (Å²) in [5.74, 6) is 2.19. The number of guanidine groups is 1. The molecule has 7 nitrogen and oxygen atoms in total. The molecule has 170 valence electrons. The minimum absolute atomic E-state index is 0. The quantitative estimate of drug-likeness (QED) is 0.285. The molecule has 0 bridgehead atoms. The molecule has 0 radical (unpaired) electrons. The first-order chi connectivity index (χ1) is 14.1. The number of halogens is 3. The summed E-state index contributed by atoms with van der Waals surface area (Å²) in [6, 6.07) is 3.08. The summed E-state index contributed by atoms with van der Waals surface area (Å²) in [7, 11) is 0. The van der Waals surface area contributed by atoms with E-state index in [9.17, 15) is 8.78 Å². The van der Waals surface area contributed by atoms with Crippen molar-refractivity contribution in [3.63, 3.8) is 0 Å². The van der Waals surface area contributed by atoms with Crippen LogP contribution in [-0.4, -0.2) is 57.0 Å². The van der Waals surface area contributed by atoms with Gasteiger partial charge in [0.25, 0.3) is 0 Å². The fourth-order valence-electron chi connectivity index (χ4n) is 3.64. The van der Waals surface area contributed by atoms with Crippen molar-refractivity contribution in [1.82, 2.24) is 15.5 Å². The first-order valence-corrected chi connectivity index (χ1v) is 10.2. The van der Waals surface area contributed by atoms with Crippen LogP contribution in [0.2, 0.25) is 0 Å². The fraction of sp³-hybridized carbons (Fsp3) is 0.650. The van der Waals surface area contributed by atoms with Gasteiger partial charge in [-0.15, -0.1) is 24.0 Å². The lowest BCUT2D eigenvalue weighted by molar-refractivity contribution is -0.0505. The summed E-state index contributed by atoms with van der Waals surface area (Å²) in [5, 5.41) is 6.58. The fourth-order valence-corrected chi connectivity index (χ4v) is 3.64. The molecule has 30 heavy (non-hydrogen) atoms. The summed E-state index contributed by atoms with van der Waals surface area (Å²) >= 11 is 0. The Kier molecular flexibility index (Phi) is 10.2. The van der Waals surface area contributed by atoms with Crippen molar-refractivity contribution in [1.29, 1.82) is 0 Å². The van der Waals surface area contributed by atoms with Crippen molar-refractivity contribution in [3.05, 3.63) is 17.7 Å². The summed E-state index contributed by atoms with van der Waals surface area (Å²) in [6.07, 6.45) is 2.34. The van der Waals surface area contributed by atoms with Gasteiger partial charge in [-0.2, -0.15) is 8.78 Å². The number of nitrogens with one attached hydrogen (secondary N) is 2. The Morgan fingerprint density at radius 2 is 2.03 bits per heavy atom. The topological polar surface area (TPSA) is 67.4 Å². The van der Waals surface area contributed by atoms with Crippen molar-refractivity contribution < 1.29 is 23.0 Å². The molecule has 1 fully saturated rings. The average molecular weight is 540 g/mol. The molecule has 2 aliphatic heterocycles. The zero-order chi connectivity index (χ0) is 20.6. The SMILES string of the molecule is CCCN1CCC(CNC(=NCc2cc3c(cc2OC(F)F)OCO3)NCC)C1.I. The normalized spacial score (nSPS) is 18.4. The highest BCUT2D eigenvalue weighted by Gasteiger charge is 2.22. The van der Waals surface area contributed by atoms with Crippen molar-refractivity contribution in [3.8, 4) is 17.2 Å². The van der Waals surface area contributed by atoms with Crippen LogP contribution in [0.25, 0.3) is 0 Å². The minimum atomic E-state index is -2.92. The summed E-state index contributed by atoms with van der Waals surface area (Å²) in [6.45, 7) is 6.42. The van der Waals surface area contributed by atoms with Gasteiger partial charge in [0, 0.05) is 31.3 Å². The lowest BCUT2D eigenvalue weighted by Crippen LogP contribution is -2.40. The van der Waals surface area contributed by atoms with E-state index in [2.05, 4.69) is 32.2 Å². The van der Waals surface area contributed by atoms with Crippen molar-refractivity contribution in [2.45, 2.75) is 39.8 Å². The molecule has 0 aliphatic carbocycles. The Labute approximate surface area is 193 Å². The number of ether oxygens (including phenoxy) is 3. The third kappa shape index (κ3) is 7.00. The molecule has 0 amide bonds. The maximum Gasteiger partial charge on any atom is 0.387 e. The number of fused-ring (bicyclic) bond motifs is 1. The molecule has 1 aromatic carbocycles. The van der Waals surface area contributed by atoms with E-state index in [1.165, 1.54) is 18.9 Å². The molecule has 10 heteroatoms. The highest BCUT2D eigenvalue weighted by Crippen LogP contribution is 2.39. The van der Waals surface area contributed by atoms with Gasteiger partial charge in [-0.3, -0.25) is 0 Å². The molecule has 0 spiro atoms. The van der Waals surface area contributed by atoms with Crippen LogP contribution in [0.4, 0.5) is 8.78 Å². The molecule has 1 aromatic rings. The molecule has 2 heterocycles. The van der Waals surface area contributed by atoms with E-state index in [1.54, 1.807) is 6.07 Å². The van der Waals surface area contributed by atoms with Gasteiger partial charge in [-0.05, 0) is 44.8 Å². The molecule has 3 rings (SSSR count). The molecular weight excluding hydrogens is 509 g/mol. The van der Waals surface area contributed by atoms with Crippen molar-refractivity contribution >= 4 is 29.9 Å². The molecular formula is C20H31F2IN4O3. The van der Waals surface area contributed by atoms with Crippen LogP contribution < -0.4 is 24.8 Å². The number of hydrogen-bond donors (Lipinski definition) is 2. The van der Waals surface area contributed by atoms with Crippen LogP contribution in [0, 0.1) is 5.92 Å². The van der Waals surface area contributed by atoms with Gasteiger partial charge in [-0.25, -0.2) is 4.99 Å². The van der Waals surface area contributed by atoms with Gasteiger partial charge >= 0.3 is 6.61 Å². The number of rotatable bonds is 9. The first kappa shape index (κ1) is 24.7. The summed E-state index contributed by atoms with van der Waals surface area (Å²) in [5.41, 5.74) is 0.516. The van der Waals surface area contributed by atoms with E-state index < -0.39 is 6.61 Å². The second-order valence-electron chi connectivity index (χ2n) is 7.22. The zero-order valence-electron chi connectivity index (χ0n) is 17.5. The third-order valence-electron chi connectivity index (χ3n) is 4.99. The van der Waals surface area contributed by atoms with Crippen LogP contribution in [0.5, 0.6) is 17.2 Å². The van der Waals surface area contributed by atoms with Gasteiger partial charge in [0.05, 0.1) is 6.54 Å². The summed E-state index contributed by atoms with van der Waals surface area (Å²) < 4.78 is 40.8. The molecule has 0 aromatic heterocycles. The Morgan fingerprint density at radius 3 is 2.73 bits per heavy atom. The maximum atomic E-state index is 12.8. The Bertz CT molecular complexity index is 709. The Balaban J connectivity index is 0.00000320. The van der Waals surface area contributed by atoms with Crippen molar-refractivity contribution in [2.75, 3.05) is 39.5 Å². The Hall–Kier alpha value is -1.56.